The molecule has 9 heteroatoms. The van der Waals surface area contributed by atoms with Crippen molar-refractivity contribution in [2.24, 2.45) is 7.05 Å². The number of carbonyl (C=O) groups excluding carboxylic acids is 1. The van der Waals surface area contributed by atoms with Crippen LogP contribution in [0.3, 0.4) is 0 Å². The van der Waals surface area contributed by atoms with Crippen molar-refractivity contribution in [2.45, 2.75) is 30.4 Å². The lowest BCUT2D eigenvalue weighted by Crippen LogP contribution is -2.24. The van der Waals surface area contributed by atoms with Gasteiger partial charge in [-0.15, -0.1) is 10.2 Å². The predicted octanol–water partition coefficient (Wildman–Crippen LogP) is 3.26. The lowest BCUT2D eigenvalue weighted by molar-refractivity contribution is -0.137. The molecule has 124 valence electrons. The number of anilines is 1. The Bertz CT molecular complexity index is 714. The molecule has 0 unspecified atom stereocenters. The van der Waals surface area contributed by atoms with Gasteiger partial charge in [-0.1, -0.05) is 23.9 Å². The summed E-state index contributed by atoms with van der Waals surface area (Å²) in [5.74, 6) is 0.148. The maximum absolute atomic E-state index is 12.9. The van der Waals surface area contributed by atoms with E-state index in [1.165, 1.54) is 18.2 Å². The Hall–Kier alpha value is -2.03. The summed E-state index contributed by atoms with van der Waals surface area (Å²) in [6.45, 7) is 3.36. The SMILES string of the molecule is Cc1nnc(S[C@@H](C)C(=O)Nc2ccccc2C(F)(F)F)n1C. The quantitative estimate of drug-likeness (QED) is 0.865. The van der Waals surface area contributed by atoms with E-state index in [1.54, 1.807) is 25.5 Å². The number of hydrogen-bond donors (Lipinski definition) is 1. The molecule has 0 aliphatic carbocycles. The highest BCUT2D eigenvalue weighted by Gasteiger charge is 2.34. The van der Waals surface area contributed by atoms with Gasteiger partial charge < -0.3 is 9.88 Å². The number of hydrogen-bond acceptors (Lipinski definition) is 4. The average molecular weight is 344 g/mol. The first-order valence-electron chi connectivity index (χ1n) is 6.70. The molecule has 5 nitrogen and oxygen atoms in total. The van der Waals surface area contributed by atoms with Crippen molar-refractivity contribution in [3.05, 3.63) is 35.7 Å². The number of rotatable bonds is 4. The topological polar surface area (TPSA) is 59.8 Å². The van der Waals surface area contributed by atoms with Crippen LogP contribution in [0.25, 0.3) is 0 Å². The van der Waals surface area contributed by atoms with Crippen LogP contribution in [-0.2, 0) is 18.0 Å². The van der Waals surface area contributed by atoms with Crippen molar-refractivity contribution >= 4 is 23.4 Å². The molecule has 1 aromatic heterocycles. The molecule has 2 aromatic rings. The Kier molecular flexibility index (Phi) is 4.98. The van der Waals surface area contributed by atoms with Crippen LogP contribution in [0.15, 0.2) is 29.4 Å². The van der Waals surface area contributed by atoms with Gasteiger partial charge in [0.25, 0.3) is 0 Å². The molecule has 0 radical (unpaired) electrons. The number of para-hydroxylation sites is 1. The van der Waals surface area contributed by atoms with Crippen LogP contribution < -0.4 is 5.32 Å². The zero-order valence-electron chi connectivity index (χ0n) is 12.7. The molecule has 0 aliphatic heterocycles. The van der Waals surface area contributed by atoms with Gasteiger partial charge in [0, 0.05) is 7.05 Å². The first-order chi connectivity index (χ1) is 10.7. The first kappa shape index (κ1) is 17.3. The summed E-state index contributed by atoms with van der Waals surface area (Å²) >= 11 is 1.13. The zero-order valence-corrected chi connectivity index (χ0v) is 13.5. The molecular formula is C14H15F3N4OS. The van der Waals surface area contributed by atoms with Crippen LogP contribution in [0.5, 0.6) is 0 Å². The Morgan fingerprint density at radius 2 is 1.96 bits per heavy atom. The number of amides is 1. The normalized spacial score (nSPS) is 13.0. The Morgan fingerprint density at radius 1 is 1.30 bits per heavy atom. The number of thioether (sulfide) groups is 1. The first-order valence-corrected chi connectivity index (χ1v) is 7.58. The summed E-state index contributed by atoms with van der Waals surface area (Å²) in [5.41, 5.74) is -1.13. The maximum Gasteiger partial charge on any atom is 0.418 e. The third kappa shape index (κ3) is 4.04. The third-order valence-electron chi connectivity index (χ3n) is 3.19. The molecule has 1 aromatic carbocycles. The number of nitrogens with zero attached hydrogens (tertiary/aromatic N) is 3. The average Bonchev–Trinajstić information content (AvgIpc) is 2.78. The van der Waals surface area contributed by atoms with E-state index < -0.39 is 22.9 Å². The Morgan fingerprint density at radius 3 is 2.52 bits per heavy atom. The fourth-order valence-corrected chi connectivity index (χ4v) is 2.64. The van der Waals surface area contributed by atoms with Crippen molar-refractivity contribution in [3.8, 4) is 0 Å². The molecule has 0 fully saturated rings. The summed E-state index contributed by atoms with van der Waals surface area (Å²) in [6, 6.07) is 4.87. The van der Waals surface area contributed by atoms with E-state index in [2.05, 4.69) is 15.5 Å². The van der Waals surface area contributed by atoms with Gasteiger partial charge in [-0.25, -0.2) is 0 Å². The van der Waals surface area contributed by atoms with Crippen molar-refractivity contribution < 1.29 is 18.0 Å². The number of carbonyl (C=O) groups is 1. The molecule has 1 heterocycles. The molecule has 0 saturated heterocycles. The summed E-state index contributed by atoms with van der Waals surface area (Å²) in [4.78, 5) is 12.2. The highest BCUT2D eigenvalue weighted by atomic mass is 32.2. The summed E-state index contributed by atoms with van der Waals surface area (Å²) < 4.78 is 40.5. The minimum Gasteiger partial charge on any atom is -0.325 e. The van der Waals surface area contributed by atoms with Crippen LogP contribution in [0.2, 0.25) is 0 Å². The second kappa shape index (κ2) is 6.61. The molecule has 0 bridgehead atoms. The standard InChI is InChI=1S/C14H15F3N4OS/c1-8(23-13-20-19-9(2)21(13)3)12(22)18-11-7-5-4-6-10(11)14(15,16)17/h4-8H,1-3H3,(H,18,22)/t8-/m0/s1. The fraction of sp³-hybridized carbons (Fsp3) is 0.357. The van der Waals surface area contributed by atoms with Gasteiger partial charge >= 0.3 is 6.18 Å². The van der Waals surface area contributed by atoms with Crippen molar-refractivity contribution in [1.29, 1.82) is 0 Å². The van der Waals surface area contributed by atoms with E-state index in [4.69, 9.17) is 0 Å². The van der Waals surface area contributed by atoms with Crippen LogP contribution in [-0.4, -0.2) is 25.9 Å². The second-order valence-corrected chi connectivity index (χ2v) is 6.19. The van der Waals surface area contributed by atoms with Gasteiger partial charge in [0.15, 0.2) is 5.16 Å². The lowest BCUT2D eigenvalue weighted by Gasteiger charge is -2.15. The van der Waals surface area contributed by atoms with E-state index in [9.17, 15) is 18.0 Å². The molecule has 1 N–H and O–H groups in total. The fourth-order valence-electron chi connectivity index (χ4n) is 1.78. The zero-order chi connectivity index (χ0) is 17.2. The van der Waals surface area contributed by atoms with Gasteiger partial charge in [-0.3, -0.25) is 4.79 Å². The van der Waals surface area contributed by atoms with Gasteiger partial charge in [0.05, 0.1) is 16.5 Å². The smallest absolute Gasteiger partial charge is 0.325 e. The molecule has 1 atom stereocenters. The van der Waals surface area contributed by atoms with Crippen molar-refractivity contribution in [1.82, 2.24) is 14.8 Å². The number of benzene rings is 1. The van der Waals surface area contributed by atoms with E-state index in [0.717, 1.165) is 17.8 Å². The highest BCUT2D eigenvalue weighted by molar-refractivity contribution is 8.00. The lowest BCUT2D eigenvalue weighted by atomic mass is 10.1. The highest BCUT2D eigenvalue weighted by Crippen LogP contribution is 2.35. The van der Waals surface area contributed by atoms with Crippen LogP contribution >= 0.6 is 11.8 Å². The minimum absolute atomic E-state index is 0.258. The second-order valence-electron chi connectivity index (χ2n) is 4.88. The minimum atomic E-state index is -4.53. The molecule has 1 amide bonds. The summed E-state index contributed by atoms with van der Waals surface area (Å²) in [6.07, 6.45) is -4.53. The van der Waals surface area contributed by atoms with Crippen molar-refractivity contribution in [3.63, 3.8) is 0 Å². The van der Waals surface area contributed by atoms with Gasteiger partial charge in [-0.05, 0) is 26.0 Å². The largest absolute Gasteiger partial charge is 0.418 e. The molecular weight excluding hydrogens is 329 g/mol. The molecule has 0 aliphatic rings. The number of alkyl halides is 3. The van der Waals surface area contributed by atoms with Crippen LogP contribution in [0.4, 0.5) is 18.9 Å². The Balaban J connectivity index is 2.12. The van der Waals surface area contributed by atoms with Gasteiger partial charge in [0.2, 0.25) is 5.91 Å². The molecule has 23 heavy (non-hydrogen) atoms. The van der Waals surface area contributed by atoms with E-state index in [-0.39, 0.29) is 5.69 Å². The molecule has 2 rings (SSSR count). The van der Waals surface area contributed by atoms with Crippen LogP contribution in [0.1, 0.15) is 18.3 Å². The summed E-state index contributed by atoms with van der Waals surface area (Å²) in [7, 11) is 1.75. The van der Waals surface area contributed by atoms with Gasteiger partial charge in [-0.2, -0.15) is 13.2 Å². The maximum atomic E-state index is 12.9. The molecule has 0 spiro atoms. The Labute approximate surface area is 135 Å². The number of aromatic nitrogens is 3. The third-order valence-corrected chi connectivity index (χ3v) is 4.33. The van der Waals surface area contributed by atoms with Crippen LogP contribution in [0, 0.1) is 6.92 Å². The van der Waals surface area contributed by atoms with Gasteiger partial charge in [0.1, 0.15) is 5.82 Å². The van der Waals surface area contributed by atoms with Crippen molar-refractivity contribution in [2.75, 3.05) is 5.32 Å². The number of nitrogens with one attached hydrogen (secondary N) is 1. The predicted molar refractivity (Wildman–Crippen MR) is 81.1 cm³/mol. The summed E-state index contributed by atoms with van der Waals surface area (Å²) in [5, 5.41) is 10.0. The number of halogens is 3. The monoisotopic (exact) mass is 344 g/mol. The van der Waals surface area contributed by atoms with E-state index in [1.807, 2.05) is 0 Å². The number of aryl methyl sites for hydroxylation is 1. The van der Waals surface area contributed by atoms with E-state index >= 15 is 0 Å². The van der Waals surface area contributed by atoms with E-state index in [0.29, 0.717) is 11.0 Å². The molecule has 0 saturated carbocycles.